The summed E-state index contributed by atoms with van der Waals surface area (Å²) in [5, 5.41) is 8.94. The molecule has 2 heterocycles. The van der Waals surface area contributed by atoms with Gasteiger partial charge in [0.25, 0.3) is 5.91 Å². The smallest absolute Gasteiger partial charge is 0.251 e. The molecule has 202 valence electrons. The van der Waals surface area contributed by atoms with Crippen molar-refractivity contribution in [2.24, 2.45) is 5.92 Å². The molecule has 2 aromatic rings. The monoisotopic (exact) mass is 570 g/mol. The van der Waals surface area contributed by atoms with Gasteiger partial charge in [-0.25, -0.2) is 0 Å². The standard InChI is InChI=1S/C30H43BrN4O2/c1-3-22(4-2)21-35-17-12-27(33-28(30(35)37)13-16-34-14-6-5-7-15-34)20-32-29(36)25-9-8-24-19-26(31)11-10-23(24)18-25/h8-11,18-19,22,27-28,33H,3-7,12-17,20-21H2,1-2H3,(H,32,36). The van der Waals surface area contributed by atoms with Gasteiger partial charge in [-0.1, -0.05) is 61.2 Å². The van der Waals surface area contributed by atoms with E-state index >= 15 is 0 Å². The van der Waals surface area contributed by atoms with E-state index in [9.17, 15) is 9.59 Å². The molecule has 2 aliphatic rings. The molecule has 2 aromatic carbocycles. The molecule has 0 bridgehead atoms. The molecule has 2 unspecified atom stereocenters. The first kappa shape index (κ1) is 28.1. The molecular formula is C30H43BrN4O2. The number of carbonyl (C=O) groups is 2. The maximum absolute atomic E-state index is 13.6. The average Bonchev–Trinajstić information content (AvgIpc) is 3.07. The average molecular weight is 572 g/mol. The first-order valence-electron chi connectivity index (χ1n) is 14.2. The maximum atomic E-state index is 13.6. The zero-order valence-electron chi connectivity index (χ0n) is 22.5. The number of rotatable bonds is 10. The van der Waals surface area contributed by atoms with Gasteiger partial charge in [-0.2, -0.15) is 0 Å². The van der Waals surface area contributed by atoms with Crippen molar-refractivity contribution in [2.45, 2.75) is 70.9 Å². The fourth-order valence-corrected chi connectivity index (χ4v) is 6.04. The number of carbonyl (C=O) groups excluding carboxylic acids is 2. The van der Waals surface area contributed by atoms with E-state index in [0.29, 0.717) is 18.0 Å². The number of nitrogens with one attached hydrogen (secondary N) is 2. The van der Waals surface area contributed by atoms with Gasteiger partial charge in [-0.05, 0) is 79.7 Å². The lowest BCUT2D eigenvalue weighted by Crippen LogP contribution is -2.50. The van der Waals surface area contributed by atoms with Crippen LogP contribution >= 0.6 is 15.9 Å². The molecule has 7 heteroatoms. The summed E-state index contributed by atoms with van der Waals surface area (Å²) in [5.41, 5.74) is 0.663. The van der Waals surface area contributed by atoms with Gasteiger partial charge in [0.05, 0.1) is 6.04 Å². The van der Waals surface area contributed by atoms with Gasteiger partial charge in [0.2, 0.25) is 5.91 Å². The Balaban J connectivity index is 1.40. The minimum absolute atomic E-state index is 0.0686. The molecule has 2 amide bonds. The van der Waals surface area contributed by atoms with Gasteiger partial charge >= 0.3 is 0 Å². The van der Waals surface area contributed by atoms with E-state index < -0.39 is 0 Å². The normalized spacial score (nSPS) is 21.4. The van der Waals surface area contributed by atoms with E-state index in [0.717, 1.165) is 73.7 Å². The Bertz CT molecular complexity index is 1050. The Labute approximate surface area is 230 Å². The van der Waals surface area contributed by atoms with Crippen LogP contribution in [0.25, 0.3) is 10.8 Å². The third-order valence-electron chi connectivity index (χ3n) is 8.18. The maximum Gasteiger partial charge on any atom is 0.251 e. The molecule has 0 radical (unpaired) electrons. The van der Waals surface area contributed by atoms with Crippen LogP contribution in [0.2, 0.25) is 0 Å². The van der Waals surface area contributed by atoms with E-state index in [4.69, 9.17) is 0 Å². The van der Waals surface area contributed by atoms with Gasteiger partial charge < -0.3 is 20.4 Å². The Hall–Kier alpha value is -1.96. The number of hydrogen-bond acceptors (Lipinski definition) is 4. The van der Waals surface area contributed by atoms with Crippen LogP contribution in [0.15, 0.2) is 40.9 Å². The van der Waals surface area contributed by atoms with E-state index in [1.807, 2.05) is 30.3 Å². The second-order valence-corrected chi connectivity index (χ2v) is 11.7. The number of likely N-dealkylation sites (tertiary alicyclic amines) is 1. The van der Waals surface area contributed by atoms with Crippen molar-refractivity contribution in [3.8, 4) is 0 Å². The van der Waals surface area contributed by atoms with Crippen LogP contribution in [0.1, 0.15) is 69.2 Å². The summed E-state index contributed by atoms with van der Waals surface area (Å²) in [6.45, 7) is 9.76. The third kappa shape index (κ3) is 7.78. The summed E-state index contributed by atoms with van der Waals surface area (Å²) >= 11 is 3.51. The lowest BCUT2D eigenvalue weighted by Gasteiger charge is -2.30. The summed E-state index contributed by atoms with van der Waals surface area (Å²) < 4.78 is 1.03. The number of amides is 2. The quantitative estimate of drug-likeness (QED) is 0.412. The number of hydrogen-bond donors (Lipinski definition) is 2. The second-order valence-electron chi connectivity index (χ2n) is 10.8. The van der Waals surface area contributed by atoms with Crippen molar-refractivity contribution < 1.29 is 9.59 Å². The zero-order valence-corrected chi connectivity index (χ0v) is 24.1. The van der Waals surface area contributed by atoms with Gasteiger partial charge in [-0.3, -0.25) is 9.59 Å². The summed E-state index contributed by atoms with van der Waals surface area (Å²) in [6.07, 6.45) is 7.68. The Kier molecular flexibility index (Phi) is 10.4. The molecule has 2 N–H and O–H groups in total. The fraction of sp³-hybridized carbons (Fsp3) is 0.600. The first-order valence-corrected chi connectivity index (χ1v) is 15.0. The molecule has 0 aromatic heterocycles. The fourth-order valence-electron chi connectivity index (χ4n) is 5.66. The van der Waals surface area contributed by atoms with Crippen molar-refractivity contribution in [3.63, 3.8) is 0 Å². The highest BCUT2D eigenvalue weighted by molar-refractivity contribution is 9.10. The van der Waals surface area contributed by atoms with Crippen LogP contribution in [0.4, 0.5) is 0 Å². The summed E-state index contributed by atoms with van der Waals surface area (Å²) in [7, 11) is 0. The van der Waals surface area contributed by atoms with Crippen molar-refractivity contribution in [3.05, 3.63) is 46.4 Å². The highest BCUT2D eigenvalue weighted by Gasteiger charge is 2.32. The van der Waals surface area contributed by atoms with E-state index in [-0.39, 0.29) is 23.9 Å². The van der Waals surface area contributed by atoms with Crippen LogP contribution < -0.4 is 10.6 Å². The third-order valence-corrected chi connectivity index (χ3v) is 8.68. The lowest BCUT2D eigenvalue weighted by atomic mass is 10.0. The van der Waals surface area contributed by atoms with Crippen LogP contribution in [-0.4, -0.2) is 73.0 Å². The molecule has 2 fully saturated rings. The molecule has 2 saturated heterocycles. The van der Waals surface area contributed by atoms with Crippen LogP contribution in [0.5, 0.6) is 0 Å². The van der Waals surface area contributed by atoms with Crippen molar-refractivity contribution in [1.82, 2.24) is 20.4 Å². The minimum atomic E-state index is -0.195. The summed E-state index contributed by atoms with van der Waals surface area (Å²) in [6, 6.07) is 11.8. The van der Waals surface area contributed by atoms with Gasteiger partial charge in [-0.15, -0.1) is 0 Å². The molecule has 0 saturated carbocycles. The number of halogens is 1. The topological polar surface area (TPSA) is 64.7 Å². The minimum Gasteiger partial charge on any atom is -0.350 e. The van der Waals surface area contributed by atoms with Gasteiger partial charge in [0.15, 0.2) is 0 Å². The molecule has 6 nitrogen and oxygen atoms in total. The van der Waals surface area contributed by atoms with Crippen molar-refractivity contribution >= 4 is 38.5 Å². The van der Waals surface area contributed by atoms with Crippen LogP contribution in [0, 0.1) is 5.92 Å². The van der Waals surface area contributed by atoms with Crippen molar-refractivity contribution in [2.75, 3.05) is 39.3 Å². The van der Waals surface area contributed by atoms with E-state index in [1.54, 1.807) is 0 Å². The summed E-state index contributed by atoms with van der Waals surface area (Å²) in [4.78, 5) is 31.2. The lowest BCUT2D eigenvalue weighted by molar-refractivity contribution is -0.133. The zero-order chi connectivity index (χ0) is 26.2. The highest BCUT2D eigenvalue weighted by atomic mass is 79.9. The van der Waals surface area contributed by atoms with Gasteiger partial charge in [0.1, 0.15) is 0 Å². The van der Waals surface area contributed by atoms with E-state index in [2.05, 4.69) is 56.3 Å². The molecule has 4 rings (SSSR count). The van der Waals surface area contributed by atoms with Gasteiger partial charge in [0, 0.05) is 42.3 Å². The Morgan fingerprint density at radius 1 is 1.05 bits per heavy atom. The largest absolute Gasteiger partial charge is 0.350 e. The van der Waals surface area contributed by atoms with Crippen molar-refractivity contribution in [1.29, 1.82) is 0 Å². The summed E-state index contributed by atoms with van der Waals surface area (Å²) in [5.74, 6) is 0.704. The van der Waals surface area contributed by atoms with Crippen LogP contribution in [-0.2, 0) is 4.79 Å². The predicted octanol–water partition coefficient (Wildman–Crippen LogP) is 5.20. The Morgan fingerprint density at radius 3 is 2.54 bits per heavy atom. The SMILES string of the molecule is CCC(CC)CN1CCC(CNC(=O)c2ccc3cc(Br)ccc3c2)NC(CCN2CCCCC2)C1=O. The second kappa shape index (κ2) is 13.7. The number of benzene rings is 2. The number of fused-ring (bicyclic) bond motifs is 1. The van der Waals surface area contributed by atoms with Crippen LogP contribution in [0.3, 0.4) is 0 Å². The highest BCUT2D eigenvalue weighted by Crippen LogP contribution is 2.21. The Morgan fingerprint density at radius 2 is 1.78 bits per heavy atom. The molecule has 2 atom stereocenters. The molecule has 2 aliphatic heterocycles. The van der Waals surface area contributed by atoms with E-state index in [1.165, 1.54) is 19.3 Å². The number of nitrogens with zero attached hydrogens (tertiary/aromatic N) is 2. The molecular weight excluding hydrogens is 528 g/mol. The first-order chi connectivity index (χ1) is 18.0. The molecule has 0 aliphatic carbocycles. The number of piperidine rings is 1. The molecule has 37 heavy (non-hydrogen) atoms. The predicted molar refractivity (Wildman–Crippen MR) is 155 cm³/mol. The molecule has 0 spiro atoms.